The van der Waals surface area contributed by atoms with Crippen LogP contribution in [-0.2, 0) is 13.6 Å². The summed E-state index contributed by atoms with van der Waals surface area (Å²) >= 11 is 0. The molecule has 1 saturated heterocycles. The first kappa shape index (κ1) is 13.4. The summed E-state index contributed by atoms with van der Waals surface area (Å²) in [6.07, 6.45) is 1.34. The molecule has 1 aromatic heterocycles. The molecule has 4 nitrogen and oxygen atoms in total. The van der Waals surface area contributed by atoms with Crippen LogP contribution in [0.3, 0.4) is 0 Å². The predicted octanol–water partition coefficient (Wildman–Crippen LogP) is 1.93. The number of aryl methyl sites for hydroxylation is 2. The van der Waals surface area contributed by atoms with Crippen molar-refractivity contribution < 1.29 is 0 Å². The van der Waals surface area contributed by atoms with E-state index in [2.05, 4.69) is 43.1 Å². The fraction of sp³-hybridized carbons (Fsp3) is 0.786. The number of hydrogen-bond donors (Lipinski definition) is 1. The smallest absolute Gasteiger partial charge is 0.131 e. The molecule has 2 rings (SSSR count). The second-order valence-corrected chi connectivity index (χ2v) is 5.89. The van der Waals surface area contributed by atoms with Gasteiger partial charge in [0.1, 0.15) is 5.82 Å². The summed E-state index contributed by atoms with van der Waals surface area (Å²) in [6.45, 7) is 10.0. The third-order valence-corrected chi connectivity index (χ3v) is 3.84. The predicted molar refractivity (Wildman–Crippen MR) is 75.9 cm³/mol. The first-order valence-corrected chi connectivity index (χ1v) is 6.95. The molecule has 4 heteroatoms. The van der Waals surface area contributed by atoms with E-state index in [-0.39, 0.29) is 0 Å². The zero-order valence-corrected chi connectivity index (χ0v) is 12.3. The van der Waals surface area contributed by atoms with E-state index >= 15 is 0 Å². The van der Waals surface area contributed by atoms with Crippen LogP contribution in [0.1, 0.15) is 31.5 Å². The van der Waals surface area contributed by atoms with E-state index in [1.807, 2.05) is 11.7 Å². The van der Waals surface area contributed by atoms with Gasteiger partial charge in [-0.05, 0) is 32.2 Å². The Labute approximate surface area is 110 Å². The summed E-state index contributed by atoms with van der Waals surface area (Å²) in [4.78, 5) is 2.52. The minimum absolute atomic E-state index is 0.770. The Hall–Kier alpha value is -1.03. The van der Waals surface area contributed by atoms with Crippen molar-refractivity contribution in [2.75, 3.05) is 25.0 Å². The van der Waals surface area contributed by atoms with Crippen molar-refractivity contribution in [3.05, 3.63) is 11.3 Å². The van der Waals surface area contributed by atoms with Crippen molar-refractivity contribution >= 4 is 5.82 Å². The van der Waals surface area contributed by atoms with Gasteiger partial charge in [0.05, 0.1) is 5.69 Å². The van der Waals surface area contributed by atoms with Gasteiger partial charge in [-0.3, -0.25) is 4.68 Å². The van der Waals surface area contributed by atoms with E-state index in [0.29, 0.717) is 0 Å². The SMILES string of the molecule is CNCc1c(C)nn(C)c1N1CC(C)CC(C)C1. The minimum Gasteiger partial charge on any atom is -0.356 e. The summed E-state index contributed by atoms with van der Waals surface area (Å²) in [7, 11) is 4.06. The molecule has 0 saturated carbocycles. The van der Waals surface area contributed by atoms with Crippen LogP contribution in [0.5, 0.6) is 0 Å². The Kier molecular flexibility index (Phi) is 3.95. The second kappa shape index (κ2) is 5.31. The van der Waals surface area contributed by atoms with E-state index in [4.69, 9.17) is 0 Å². The molecule has 1 aromatic rings. The molecule has 0 radical (unpaired) electrons. The van der Waals surface area contributed by atoms with Gasteiger partial charge < -0.3 is 10.2 Å². The molecule has 1 N–H and O–H groups in total. The molecule has 0 aliphatic carbocycles. The van der Waals surface area contributed by atoms with Gasteiger partial charge in [-0.2, -0.15) is 5.10 Å². The molecule has 1 aliphatic heterocycles. The van der Waals surface area contributed by atoms with Gasteiger partial charge >= 0.3 is 0 Å². The van der Waals surface area contributed by atoms with Crippen LogP contribution in [0.4, 0.5) is 5.82 Å². The summed E-state index contributed by atoms with van der Waals surface area (Å²) in [5.74, 6) is 2.85. The van der Waals surface area contributed by atoms with E-state index in [1.54, 1.807) is 0 Å². The third-order valence-electron chi connectivity index (χ3n) is 3.84. The Morgan fingerprint density at radius 2 is 1.89 bits per heavy atom. The highest BCUT2D eigenvalue weighted by Gasteiger charge is 2.26. The molecular formula is C14H26N4. The van der Waals surface area contributed by atoms with Gasteiger partial charge in [0.2, 0.25) is 0 Å². The van der Waals surface area contributed by atoms with Crippen molar-refractivity contribution in [1.29, 1.82) is 0 Å². The van der Waals surface area contributed by atoms with Crippen molar-refractivity contribution in [3.8, 4) is 0 Å². The number of nitrogens with one attached hydrogen (secondary N) is 1. The Balaban J connectivity index is 2.31. The van der Waals surface area contributed by atoms with Crippen molar-refractivity contribution in [2.45, 2.75) is 33.7 Å². The molecule has 0 aromatic carbocycles. The monoisotopic (exact) mass is 250 g/mol. The fourth-order valence-electron chi connectivity index (χ4n) is 3.30. The fourth-order valence-corrected chi connectivity index (χ4v) is 3.30. The van der Waals surface area contributed by atoms with E-state index < -0.39 is 0 Å². The van der Waals surface area contributed by atoms with E-state index in [9.17, 15) is 0 Å². The van der Waals surface area contributed by atoms with Crippen LogP contribution >= 0.6 is 0 Å². The van der Waals surface area contributed by atoms with Crippen LogP contribution in [0.15, 0.2) is 0 Å². The van der Waals surface area contributed by atoms with Crippen LogP contribution in [-0.4, -0.2) is 29.9 Å². The van der Waals surface area contributed by atoms with Crippen LogP contribution < -0.4 is 10.2 Å². The van der Waals surface area contributed by atoms with Crippen LogP contribution in [0, 0.1) is 18.8 Å². The topological polar surface area (TPSA) is 33.1 Å². The molecule has 1 aliphatic rings. The molecule has 2 heterocycles. The van der Waals surface area contributed by atoms with Crippen molar-refractivity contribution in [1.82, 2.24) is 15.1 Å². The molecular weight excluding hydrogens is 224 g/mol. The lowest BCUT2D eigenvalue weighted by atomic mass is 9.91. The molecule has 2 unspecified atom stereocenters. The minimum atomic E-state index is 0.770. The first-order valence-electron chi connectivity index (χ1n) is 6.95. The second-order valence-electron chi connectivity index (χ2n) is 5.89. The lowest BCUT2D eigenvalue weighted by Crippen LogP contribution is -2.40. The van der Waals surface area contributed by atoms with Crippen molar-refractivity contribution in [2.24, 2.45) is 18.9 Å². The number of anilines is 1. The lowest BCUT2D eigenvalue weighted by Gasteiger charge is -2.37. The Morgan fingerprint density at radius 1 is 1.28 bits per heavy atom. The maximum absolute atomic E-state index is 4.59. The van der Waals surface area contributed by atoms with E-state index in [1.165, 1.54) is 17.8 Å². The quantitative estimate of drug-likeness (QED) is 0.890. The zero-order chi connectivity index (χ0) is 13.3. The molecule has 18 heavy (non-hydrogen) atoms. The molecule has 0 bridgehead atoms. The molecule has 0 spiro atoms. The highest BCUT2D eigenvalue weighted by Crippen LogP contribution is 2.29. The van der Waals surface area contributed by atoms with Gasteiger partial charge in [-0.15, -0.1) is 0 Å². The first-order chi connectivity index (χ1) is 8.52. The van der Waals surface area contributed by atoms with Gasteiger partial charge in [0.25, 0.3) is 0 Å². The number of nitrogens with zero attached hydrogens (tertiary/aromatic N) is 3. The summed E-state index contributed by atoms with van der Waals surface area (Å²) < 4.78 is 2.05. The highest BCUT2D eigenvalue weighted by atomic mass is 15.4. The number of hydrogen-bond acceptors (Lipinski definition) is 3. The maximum atomic E-state index is 4.59. The number of aromatic nitrogens is 2. The van der Waals surface area contributed by atoms with E-state index in [0.717, 1.165) is 37.2 Å². The summed E-state index contributed by atoms with van der Waals surface area (Å²) in [6, 6.07) is 0. The standard InChI is InChI=1S/C14H26N4/c1-10-6-11(2)9-18(8-10)14-13(7-15-4)12(3)16-17(14)5/h10-11,15H,6-9H2,1-5H3. The van der Waals surface area contributed by atoms with Gasteiger partial charge in [0.15, 0.2) is 0 Å². The van der Waals surface area contributed by atoms with Gasteiger partial charge in [0, 0.05) is 32.2 Å². The molecule has 0 amide bonds. The Bertz CT molecular complexity index is 400. The average Bonchev–Trinajstić information content (AvgIpc) is 2.53. The maximum Gasteiger partial charge on any atom is 0.131 e. The van der Waals surface area contributed by atoms with Crippen LogP contribution in [0.2, 0.25) is 0 Å². The third kappa shape index (κ3) is 2.53. The van der Waals surface area contributed by atoms with Crippen LogP contribution in [0.25, 0.3) is 0 Å². The van der Waals surface area contributed by atoms with Gasteiger partial charge in [-0.25, -0.2) is 0 Å². The normalized spacial score (nSPS) is 24.6. The molecule has 1 fully saturated rings. The van der Waals surface area contributed by atoms with Crippen molar-refractivity contribution in [3.63, 3.8) is 0 Å². The summed E-state index contributed by atoms with van der Waals surface area (Å²) in [5.41, 5.74) is 2.49. The molecule has 2 atom stereocenters. The number of rotatable bonds is 3. The highest BCUT2D eigenvalue weighted by molar-refractivity contribution is 5.50. The number of piperidine rings is 1. The average molecular weight is 250 g/mol. The van der Waals surface area contributed by atoms with Gasteiger partial charge in [-0.1, -0.05) is 13.8 Å². The molecule has 102 valence electrons. The lowest BCUT2D eigenvalue weighted by molar-refractivity contribution is 0.352. The Morgan fingerprint density at radius 3 is 2.44 bits per heavy atom. The largest absolute Gasteiger partial charge is 0.356 e. The zero-order valence-electron chi connectivity index (χ0n) is 12.3. The summed E-state index contributed by atoms with van der Waals surface area (Å²) in [5, 5.41) is 7.85.